The molecule has 1 N–H and O–H groups in total. The van der Waals surface area contributed by atoms with Crippen LogP contribution < -0.4 is 14.8 Å². The number of amides is 1. The van der Waals surface area contributed by atoms with Crippen molar-refractivity contribution < 1.29 is 14.3 Å². The maximum Gasteiger partial charge on any atom is 0.222 e. The van der Waals surface area contributed by atoms with E-state index in [0.717, 1.165) is 50.5 Å². The van der Waals surface area contributed by atoms with Gasteiger partial charge in [0, 0.05) is 32.6 Å². The fraction of sp³-hybridized carbons (Fsp3) is 0.611. The van der Waals surface area contributed by atoms with Gasteiger partial charge in [-0.3, -0.25) is 4.79 Å². The van der Waals surface area contributed by atoms with Crippen molar-refractivity contribution in [1.82, 2.24) is 10.2 Å². The SMILES string of the molecule is CCOc1ccc(CCCC(=O)N2CCNCC2)cc1OCC. The topological polar surface area (TPSA) is 50.8 Å². The van der Waals surface area contributed by atoms with E-state index in [1.54, 1.807) is 0 Å². The predicted octanol–water partition coefficient (Wildman–Crippen LogP) is 2.24. The Balaban J connectivity index is 1.84. The Morgan fingerprint density at radius 2 is 1.83 bits per heavy atom. The van der Waals surface area contributed by atoms with Crippen molar-refractivity contribution in [3.63, 3.8) is 0 Å². The third-order valence-electron chi connectivity index (χ3n) is 3.93. The average molecular weight is 320 g/mol. The minimum atomic E-state index is 0.266. The summed E-state index contributed by atoms with van der Waals surface area (Å²) >= 11 is 0. The molecule has 2 rings (SSSR count). The molecule has 0 aromatic heterocycles. The highest BCUT2D eigenvalue weighted by Gasteiger charge is 2.15. The lowest BCUT2D eigenvalue weighted by Crippen LogP contribution is -2.46. The summed E-state index contributed by atoms with van der Waals surface area (Å²) in [6.45, 7) is 8.64. The van der Waals surface area contributed by atoms with Crippen LogP contribution in [0.1, 0.15) is 32.3 Å². The third kappa shape index (κ3) is 5.43. The maximum absolute atomic E-state index is 12.2. The molecular weight excluding hydrogens is 292 g/mol. The van der Waals surface area contributed by atoms with Crippen LogP contribution in [0.5, 0.6) is 11.5 Å². The zero-order valence-corrected chi connectivity index (χ0v) is 14.3. The summed E-state index contributed by atoms with van der Waals surface area (Å²) in [5.41, 5.74) is 1.19. The second-order valence-corrected chi connectivity index (χ2v) is 5.63. The number of aryl methyl sites for hydroxylation is 1. The molecule has 1 amide bonds. The molecule has 5 heteroatoms. The lowest BCUT2D eigenvalue weighted by atomic mass is 10.1. The van der Waals surface area contributed by atoms with Gasteiger partial charge >= 0.3 is 0 Å². The molecule has 0 saturated carbocycles. The number of hydrogen-bond acceptors (Lipinski definition) is 4. The first-order valence-corrected chi connectivity index (χ1v) is 8.61. The van der Waals surface area contributed by atoms with Gasteiger partial charge in [-0.25, -0.2) is 0 Å². The molecule has 128 valence electrons. The van der Waals surface area contributed by atoms with Gasteiger partial charge in [-0.15, -0.1) is 0 Å². The Morgan fingerprint density at radius 1 is 1.13 bits per heavy atom. The number of nitrogens with zero attached hydrogens (tertiary/aromatic N) is 1. The predicted molar refractivity (Wildman–Crippen MR) is 91.2 cm³/mol. The van der Waals surface area contributed by atoms with Crippen molar-refractivity contribution in [2.45, 2.75) is 33.1 Å². The first-order valence-electron chi connectivity index (χ1n) is 8.61. The summed E-state index contributed by atoms with van der Waals surface area (Å²) in [5.74, 6) is 1.85. The van der Waals surface area contributed by atoms with E-state index in [9.17, 15) is 4.79 Å². The number of benzene rings is 1. The number of rotatable bonds is 8. The summed E-state index contributed by atoms with van der Waals surface area (Å²) in [4.78, 5) is 14.1. The van der Waals surface area contributed by atoms with Gasteiger partial charge in [-0.2, -0.15) is 0 Å². The molecule has 0 aliphatic carbocycles. The number of carbonyl (C=O) groups is 1. The van der Waals surface area contributed by atoms with E-state index in [0.29, 0.717) is 19.6 Å². The van der Waals surface area contributed by atoms with Crippen LogP contribution in [0.4, 0.5) is 0 Å². The molecular formula is C18H28N2O3. The molecule has 1 aliphatic rings. The Morgan fingerprint density at radius 3 is 2.52 bits per heavy atom. The number of piperazine rings is 1. The van der Waals surface area contributed by atoms with Crippen molar-refractivity contribution in [2.24, 2.45) is 0 Å². The second kappa shape index (κ2) is 9.40. The molecule has 1 aliphatic heterocycles. The molecule has 1 fully saturated rings. The highest BCUT2D eigenvalue weighted by molar-refractivity contribution is 5.76. The molecule has 0 radical (unpaired) electrons. The highest BCUT2D eigenvalue weighted by Crippen LogP contribution is 2.29. The van der Waals surface area contributed by atoms with E-state index >= 15 is 0 Å². The van der Waals surface area contributed by atoms with E-state index in [-0.39, 0.29) is 5.91 Å². The number of ether oxygens (including phenoxy) is 2. The molecule has 1 saturated heterocycles. The van der Waals surface area contributed by atoms with E-state index in [1.807, 2.05) is 30.9 Å². The van der Waals surface area contributed by atoms with Crippen LogP contribution >= 0.6 is 0 Å². The smallest absolute Gasteiger partial charge is 0.222 e. The Hall–Kier alpha value is -1.75. The number of hydrogen-bond donors (Lipinski definition) is 1. The summed E-state index contributed by atoms with van der Waals surface area (Å²) < 4.78 is 11.2. The molecule has 1 aromatic carbocycles. The Bertz CT molecular complexity index is 499. The molecule has 0 spiro atoms. The minimum Gasteiger partial charge on any atom is -0.490 e. The van der Waals surface area contributed by atoms with Crippen LogP contribution in [0.15, 0.2) is 18.2 Å². The van der Waals surface area contributed by atoms with Crippen molar-refractivity contribution in [1.29, 1.82) is 0 Å². The summed E-state index contributed by atoms with van der Waals surface area (Å²) in [7, 11) is 0. The third-order valence-corrected chi connectivity index (χ3v) is 3.93. The molecule has 23 heavy (non-hydrogen) atoms. The van der Waals surface area contributed by atoms with Crippen LogP contribution in [-0.2, 0) is 11.2 Å². The molecule has 0 unspecified atom stereocenters. The molecule has 1 aromatic rings. The van der Waals surface area contributed by atoms with E-state index in [1.165, 1.54) is 5.56 Å². The van der Waals surface area contributed by atoms with E-state index in [2.05, 4.69) is 11.4 Å². The summed E-state index contributed by atoms with van der Waals surface area (Å²) in [6, 6.07) is 6.05. The first kappa shape index (κ1) is 17.6. The van der Waals surface area contributed by atoms with E-state index in [4.69, 9.17) is 9.47 Å². The largest absolute Gasteiger partial charge is 0.490 e. The van der Waals surface area contributed by atoms with Crippen LogP contribution in [0.2, 0.25) is 0 Å². The molecule has 0 bridgehead atoms. The normalized spacial score (nSPS) is 14.6. The molecule has 5 nitrogen and oxygen atoms in total. The maximum atomic E-state index is 12.2. The van der Waals surface area contributed by atoms with Crippen LogP contribution in [0.3, 0.4) is 0 Å². The van der Waals surface area contributed by atoms with Crippen molar-refractivity contribution in [3.05, 3.63) is 23.8 Å². The molecule has 0 atom stereocenters. The van der Waals surface area contributed by atoms with Crippen LogP contribution in [0.25, 0.3) is 0 Å². The average Bonchev–Trinajstić information content (AvgIpc) is 2.58. The molecule has 1 heterocycles. The quantitative estimate of drug-likeness (QED) is 0.798. The minimum absolute atomic E-state index is 0.266. The van der Waals surface area contributed by atoms with Crippen LogP contribution in [0, 0.1) is 0 Å². The lowest BCUT2D eigenvalue weighted by Gasteiger charge is -2.27. The van der Waals surface area contributed by atoms with Gasteiger partial charge in [0.05, 0.1) is 13.2 Å². The van der Waals surface area contributed by atoms with E-state index < -0.39 is 0 Å². The van der Waals surface area contributed by atoms with Crippen molar-refractivity contribution >= 4 is 5.91 Å². The fourth-order valence-corrected chi connectivity index (χ4v) is 2.77. The number of nitrogens with one attached hydrogen (secondary N) is 1. The summed E-state index contributed by atoms with van der Waals surface area (Å²) in [5, 5.41) is 3.27. The Labute approximate surface area is 139 Å². The Kier molecular flexibility index (Phi) is 7.20. The van der Waals surface area contributed by atoms with Crippen LogP contribution in [-0.4, -0.2) is 50.2 Å². The summed E-state index contributed by atoms with van der Waals surface area (Å²) in [6.07, 6.45) is 2.35. The van der Waals surface area contributed by atoms with Crippen molar-refractivity contribution in [3.8, 4) is 11.5 Å². The second-order valence-electron chi connectivity index (χ2n) is 5.63. The van der Waals surface area contributed by atoms with Gasteiger partial charge in [0.25, 0.3) is 0 Å². The first-order chi connectivity index (χ1) is 11.2. The van der Waals surface area contributed by atoms with Gasteiger partial charge < -0.3 is 19.7 Å². The zero-order chi connectivity index (χ0) is 16.5. The standard InChI is InChI=1S/C18H28N2O3/c1-3-22-16-9-8-15(14-17(16)23-4-2)6-5-7-18(21)20-12-10-19-11-13-20/h8-9,14,19H,3-7,10-13H2,1-2H3. The highest BCUT2D eigenvalue weighted by atomic mass is 16.5. The van der Waals surface area contributed by atoms with Gasteiger partial charge in [0.2, 0.25) is 5.91 Å². The zero-order valence-electron chi connectivity index (χ0n) is 14.3. The van der Waals surface area contributed by atoms with Gasteiger partial charge in [-0.05, 0) is 44.4 Å². The lowest BCUT2D eigenvalue weighted by molar-refractivity contribution is -0.131. The van der Waals surface area contributed by atoms with Gasteiger partial charge in [-0.1, -0.05) is 6.07 Å². The monoisotopic (exact) mass is 320 g/mol. The number of carbonyl (C=O) groups excluding carboxylic acids is 1. The van der Waals surface area contributed by atoms with Gasteiger partial charge in [0.1, 0.15) is 0 Å². The van der Waals surface area contributed by atoms with Crippen molar-refractivity contribution in [2.75, 3.05) is 39.4 Å². The fourth-order valence-electron chi connectivity index (χ4n) is 2.77. The van der Waals surface area contributed by atoms with Gasteiger partial charge in [0.15, 0.2) is 11.5 Å².